The zero-order chi connectivity index (χ0) is 12.8. The summed E-state index contributed by atoms with van der Waals surface area (Å²) in [6.07, 6.45) is 0. The van der Waals surface area contributed by atoms with E-state index in [-0.39, 0.29) is 5.91 Å². The topological polar surface area (TPSA) is 87.4 Å². The van der Waals surface area contributed by atoms with E-state index in [4.69, 9.17) is 5.84 Å². The lowest BCUT2D eigenvalue weighted by molar-refractivity contribution is 0.0779. The van der Waals surface area contributed by atoms with Gasteiger partial charge < -0.3 is 15.2 Å². The van der Waals surface area contributed by atoms with Gasteiger partial charge in [-0.25, -0.2) is 5.84 Å². The van der Waals surface area contributed by atoms with Crippen molar-refractivity contribution in [2.45, 2.75) is 0 Å². The van der Waals surface area contributed by atoms with E-state index < -0.39 is 0 Å². The molecule has 1 rings (SSSR count). The van der Waals surface area contributed by atoms with Gasteiger partial charge in [-0.15, -0.1) is 10.2 Å². The molecule has 7 nitrogen and oxygen atoms in total. The fourth-order valence-corrected chi connectivity index (χ4v) is 1.17. The van der Waals surface area contributed by atoms with Gasteiger partial charge in [0.25, 0.3) is 5.91 Å². The summed E-state index contributed by atoms with van der Waals surface area (Å²) in [5.74, 6) is 5.44. The number of hydrogen-bond donors (Lipinski definition) is 2. The SMILES string of the molecule is CN(C)CCN(C)C(=O)c1ccc(NN)nn1. The van der Waals surface area contributed by atoms with Gasteiger partial charge in [0.05, 0.1) is 0 Å². The van der Waals surface area contributed by atoms with Crippen molar-refractivity contribution < 1.29 is 4.79 Å². The summed E-state index contributed by atoms with van der Waals surface area (Å²) < 4.78 is 0. The monoisotopic (exact) mass is 238 g/mol. The molecular weight excluding hydrogens is 220 g/mol. The number of amides is 1. The van der Waals surface area contributed by atoms with Crippen molar-refractivity contribution in [3.05, 3.63) is 17.8 Å². The summed E-state index contributed by atoms with van der Waals surface area (Å²) in [6.45, 7) is 1.45. The third-order valence-corrected chi connectivity index (χ3v) is 2.26. The first-order chi connectivity index (χ1) is 8.04. The lowest BCUT2D eigenvalue weighted by Crippen LogP contribution is -2.34. The molecule has 1 aromatic heterocycles. The Kier molecular flexibility index (Phi) is 4.80. The minimum absolute atomic E-state index is 0.150. The van der Waals surface area contributed by atoms with E-state index in [0.29, 0.717) is 18.1 Å². The lowest BCUT2D eigenvalue weighted by atomic mass is 10.3. The van der Waals surface area contributed by atoms with E-state index >= 15 is 0 Å². The molecule has 0 spiro atoms. The Morgan fingerprint density at radius 2 is 2.00 bits per heavy atom. The zero-order valence-electron chi connectivity index (χ0n) is 10.3. The highest BCUT2D eigenvalue weighted by Gasteiger charge is 2.13. The van der Waals surface area contributed by atoms with Crippen LogP contribution in [-0.2, 0) is 0 Å². The average Bonchev–Trinajstić information content (AvgIpc) is 2.35. The highest BCUT2D eigenvalue weighted by atomic mass is 16.2. The van der Waals surface area contributed by atoms with Gasteiger partial charge in [0.2, 0.25) is 0 Å². The van der Waals surface area contributed by atoms with Gasteiger partial charge in [0.1, 0.15) is 0 Å². The van der Waals surface area contributed by atoms with E-state index in [0.717, 1.165) is 6.54 Å². The number of nitrogens with two attached hydrogens (primary N) is 1. The Morgan fingerprint density at radius 1 is 1.29 bits per heavy atom. The van der Waals surface area contributed by atoms with Crippen molar-refractivity contribution in [2.75, 3.05) is 39.7 Å². The molecular formula is C10H18N6O. The fourth-order valence-electron chi connectivity index (χ4n) is 1.17. The number of hydrogen-bond acceptors (Lipinski definition) is 6. The number of likely N-dealkylation sites (N-methyl/N-ethyl adjacent to an activating group) is 2. The van der Waals surface area contributed by atoms with E-state index in [1.165, 1.54) is 0 Å². The molecule has 0 saturated heterocycles. The number of carbonyl (C=O) groups excluding carboxylic acids is 1. The van der Waals surface area contributed by atoms with Crippen molar-refractivity contribution in [1.29, 1.82) is 0 Å². The molecule has 0 bridgehead atoms. The van der Waals surface area contributed by atoms with Crippen LogP contribution in [0, 0.1) is 0 Å². The molecule has 0 fully saturated rings. The summed E-state index contributed by atoms with van der Waals surface area (Å²) in [6, 6.07) is 3.21. The smallest absolute Gasteiger partial charge is 0.274 e. The summed E-state index contributed by atoms with van der Waals surface area (Å²) in [5, 5.41) is 7.55. The van der Waals surface area contributed by atoms with Crippen LogP contribution < -0.4 is 11.3 Å². The highest BCUT2D eigenvalue weighted by molar-refractivity contribution is 5.92. The Labute approximate surface area is 101 Å². The van der Waals surface area contributed by atoms with Crippen molar-refractivity contribution >= 4 is 11.7 Å². The quantitative estimate of drug-likeness (QED) is 0.526. The second-order valence-electron chi connectivity index (χ2n) is 3.98. The second-order valence-corrected chi connectivity index (χ2v) is 3.98. The number of aromatic nitrogens is 2. The molecule has 0 unspecified atom stereocenters. The summed E-state index contributed by atoms with van der Waals surface area (Å²) in [5.41, 5.74) is 2.67. The van der Waals surface area contributed by atoms with Crippen LogP contribution in [0.15, 0.2) is 12.1 Å². The van der Waals surface area contributed by atoms with E-state index in [2.05, 4.69) is 15.6 Å². The molecule has 0 saturated carbocycles. The molecule has 1 aromatic rings. The van der Waals surface area contributed by atoms with Crippen LogP contribution in [0.25, 0.3) is 0 Å². The van der Waals surface area contributed by atoms with E-state index in [9.17, 15) is 4.79 Å². The molecule has 1 heterocycles. The maximum Gasteiger partial charge on any atom is 0.274 e. The maximum absolute atomic E-state index is 11.9. The molecule has 94 valence electrons. The third kappa shape index (κ3) is 3.97. The van der Waals surface area contributed by atoms with Crippen molar-refractivity contribution in [3.63, 3.8) is 0 Å². The molecule has 3 N–H and O–H groups in total. The Morgan fingerprint density at radius 3 is 2.47 bits per heavy atom. The van der Waals surface area contributed by atoms with Gasteiger partial charge in [-0.1, -0.05) is 0 Å². The first kappa shape index (κ1) is 13.3. The molecule has 0 atom stereocenters. The van der Waals surface area contributed by atoms with Gasteiger partial charge in [-0.05, 0) is 26.2 Å². The van der Waals surface area contributed by atoms with Crippen LogP contribution in [0.5, 0.6) is 0 Å². The summed E-state index contributed by atoms with van der Waals surface area (Å²) >= 11 is 0. The number of anilines is 1. The predicted molar refractivity (Wildman–Crippen MR) is 65.4 cm³/mol. The highest BCUT2D eigenvalue weighted by Crippen LogP contribution is 2.02. The maximum atomic E-state index is 11.9. The molecule has 17 heavy (non-hydrogen) atoms. The average molecular weight is 238 g/mol. The van der Waals surface area contributed by atoms with Crippen LogP contribution in [0.3, 0.4) is 0 Å². The van der Waals surface area contributed by atoms with Crippen LogP contribution in [0.4, 0.5) is 5.82 Å². The zero-order valence-corrected chi connectivity index (χ0v) is 10.3. The number of nitrogens with zero attached hydrogens (tertiary/aromatic N) is 4. The van der Waals surface area contributed by atoms with Crippen LogP contribution in [0.1, 0.15) is 10.5 Å². The number of nitrogen functional groups attached to an aromatic ring is 1. The van der Waals surface area contributed by atoms with Crippen LogP contribution in [-0.4, -0.2) is 60.1 Å². The van der Waals surface area contributed by atoms with Gasteiger partial charge in [0.15, 0.2) is 11.5 Å². The fraction of sp³-hybridized carbons (Fsp3) is 0.500. The molecule has 0 radical (unpaired) electrons. The Hall–Kier alpha value is -1.73. The van der Waals surface area contributed by atoms with Gasteiger partial charge >= 0.3 is 0 Å². The van der Waals surface area contributed by atoms with Gasteiger partial charge in [-0.2, -0.15) is 0 Å². The first-order valence-corrected chi connectivity index (χ1v) is 5.25. The molecule has 0 aliphatic rings. The largest absolute Gasteiger partial charge is 0.339 e. The number of hydrazine groups is 1. The van der Waals surface area contributed by atoms with E-state index in [1.54, 1.807) is 24.1 Å². The van der Waals surface area contributed by atoms with E-state index in [1.807, 2.05) is 19.0 Å². The molecule has 0 aromatic carbocycles. The molecule has 0 aliphatic heterocycles. The lowest BCUT2D eigenvalue weighted by Gasteiger charge is -2.18. The Balaban J connectivity index is 2.61. The predicted octanol–water partition coefficient (Wildman–Crippen LogP) is -0.604. The molecule has 7 heteroatoms. The standard InChI is InChI=1S/C10H18N6O/c1-15(2)6-7-16(3)10(17)8-4-5-9(12-11)14-13-8/h4-5H,6-7,11H2,1-3H3,(H,12,14). The normalized spacial score (nSPS) is 10.4. The minimum atomic E-state index is -0.150. The molecule has 0 aliphatic carbocycles. The molecule has 1 amide bonds. The first-order valence-electron chi connectivity index (χ1n) is 5.25. The second kappa shape index (κ2) is 6.12. The van der Waals surface area contributed by atoms with Crippen LogP contribution in [0.2, 0.25) is 0 Å². The summed E-state index contributed by atoms with van der Waals surface area (Å²) in [4.78, 5) is 15.5. The van der Waals surface area contributed by atoms with Crippen molar-refractivity contribution in [3.8, 4) is 0 Å². The number of rotatable bonds is 5. The van der Waals surface area contributed by atoms with Crippen molar-refractivity contribution in [2.24, 2.45) is 5.84 Å². The van der Waals surface area contributed by atoms with Gasteiger partial charge in [-0.3, -0.25) is 4.79 Å². The summed E-state index contributed by atoms with van der Waals surface area (Å²) in [7, 11) is 5.66. The minimum Gasteiger partial charge on any atom is -0.339 e. The third-order valence-electron chi connectivity index (χ3n) is 2.26. The van der Waals surface area contributed by atoms with Crippen molar-refractivity contribution in [1.82, 2.24) is 20.0 Å². The Bertz CT molecular complexity index is 364. The van der Waals surface area contributed by atoms with Gasteiger partial charge in [0, 0.05) is 20.1 Å². The van der Waals surface area contributed by atoms with Crippen LogP contribution >= 0.6 is 0 Å². The number of carbonyl (C=O) groups is 1. The number of nitrogens with one attached hydrogen (secondary N) is 1.